The van der Waals surface area contributed by atoms with Crippen LogP contribution >= 0.6 is 0 Å². The van der Waals surface area contributed by atoms with Gasteiger partial charge in [-0.25, -0.2) is 9.59 Å². The minimum atomic E-state index is -0.752. The van der Waals surface area contributed by atoms with Crippen LogP contribution in [0.5, 0.6) is 0 Å². The fraction of sp³-hybridized carbons (Fsp3) is 0.750. The number of hydrogen-bond donors (Lipinski definition) is 0. The van der Waals surface area contributed by atoms with E-state index in [9.17, 15) is 9.59 Å². The maximum atomic E-state index is 12.5. The summed E-state index contributed by atoms with van der Waals surface area (Å²) in [6.45, 7) is 8.07. The van der Waals surface area contributed by atoms with Crippen molar-refractivity contribution in [1.29, 1.82) is 0 Å². The Morgan fingerprint density at radius 1 is 1.38 bits per heavy atom. The summed E-state index contributed by atoms with van der Waals surface area (Å²) >= 11 is 0. The molecule has 1 saturated heterocycles. The number of carbonyl (C=O) groups excluding carboxylic acids is 2. The van der Waals surface area contributed by atoms with Crippen LogP contribution in [0.3, 0.4) is 0 Å². The molecule has 1 amide bonds. The highest BCUT2D eigenvalue weighted by atomic mass is 16.6. The number of cyclic esters (lactones) is 1. The average molecular weight is 295 g/mol. The molecular formula is C16H25NO4. The SMILES string of the molecule is CC(C)(C)OC(=O)N1CCCCC[C@@H]1[C@@]1(C)C=CC(=O)O1. The number of rotatable bonds is 1. The molecule has 0 spiro atoms. The summed E-state index contributed by atoms with van der Waals surface area (Å²) in [4.78, 5) is 25.7. The molecule has 0 aromatic rings. The second-order valence-corrected chi connectivity index (χ2v) is 6.98. The van der Waals surface area contributed by atoms with E-state index in [0.29, 0.717) is 6.54 Å². The van der Waals surface area contributed by atoms with Crippen LogP contribution < -0.4 is 0 Å². The van der Waals surface area contributed by atoms with Gasteiger partial charge in [-0.05, 0) is 46.6 Å². The monoisotopic (exact) mass is 295 g/mol. The number of likely N-dealkylation sites (tertiary alicyclic amines) is 1. The van der Waals surface area contributed by atoms with Gasteiger partial charge in [-0.15, -0.1) is 0 Å². The van der Waals surface area contributed by atoms with Crippen molar-refractivity contribution >= 4 is 12.1 Å². The highest BCUT2D eigenvalue weighted by Gasteiger charge is 2.45. The van der Waals surface area contributed by atoms with Gasteiger partial charge in [0.15, 0.2) is 0 Å². The molecule has 5 nitrogen and oxygen atoms in total. The Bertz CT molecular complexity index is 452. The van der Waals surface area contributed by atoms with Gasteiger partial charge in [0.2, 0.25) is 0 Å². The minimum absolute atomic E-state index is 0.169. The van der Waals surface area contributed by atoms with Gasteiger partial charge in [0.25, 0.3) is 0 Å². The molecular weight excluding hydrogens is 270 g/mol. The zero-order valence-electron chi connectivity index (χ0n) is 13.3. The zero-order valence-corrected chi connectivity index (χ0v) is 13.3. The van der Waals surface area contributed by atoms with Crippen LogP contribution in [-0.4, -0.2) is 40.8 Å². The minimum Gasteiger partial charge on any atom is -0.450 e. The number of carbonyl (C=O) groups is 2. The summed E-state index contributed by atoms with van der Waals surface area (Å²) in [5.41, 5.74) is -1.28. The first-order valence-corrected chi connectivity index (χ1v) is 7.63. The molecule has 21 heavy (non-hydrogen) atoms. The first-order valence-electron chi connectivity index (χ1n) is 7.63. The molecule has 2 aliphatic heterocycles. The molecule has 0 aromatic carbocycles. The number of nitrogens with zero attached hydrogens (tertiary/aromatic N) is 1. The van der Waals surface area contributed by atoms with Gasteiger partial charge < -0.3 is 14.4 Å². The summed E-state index contributed by atoms with van der Waals surface area (Å²) < 4.78 is 11.0. The van der Waals surface area contributed by atoms with Crippen molar-refractivity contribution in [2.45, 2.75) is 70.6 Å². The number of ether oxygens (including phenoxy) is 2. The lowest BCUT2D eigenvalue weighted by molar-refractivity contribution is -0.149. The molecule has 5 heteroatoms. The molecule has 0 N–H and O–H groups in total. The standard InChI is InChI=1S/C16H25NO4/c1-15(2,3)21-14(19)17-11-7-5-6-8-12(17)16(4)10-9-13(18)20-16/h9-10,12H,5-8,11H2,1-4H3/t12-,16-/m1/s1. The van der Waals surface area contributed by atoms with E-state index in [1.165, 1.54) is 6.08 Å². The summed E-state index contributed by atoms with van der Waals surface area (Å²) in [6.07, 6.45) is 6.73. The Hall–Kier alpha value is -1.52. The van der Waals surface area contributed by atoms with Crippen LogP contribution in [0.25, 0.3) is 0 Å². The van der Waals surface area contributed by atoms with E-state index in [1.807, 2.05) is 27.7 Å². The average Bonchev–Trinajstić information content (AvgIpc) is 2.59. The first-order chi connectivity index (χ1) is 9.71. The smallest absolute Gasteiger partial charge is 0.410 e. The first kappa shape index (κ1) is 15.9. The Morgan fingerprint density at radius 2 is 2.10 bits per heavy atom. The summed E-state index contributed by atoms with van der Waals surface area (Å²) in [7, 11) is 0. The van der Waals surface area contributed by atoms with E-state index in [-0.39, 0.29) is 18.1 Å². The van der Waals surface area contributed by atoms with E-state index in [0.717, 1.165) is 25.7 Å². The predicted octanol–water partition coefficient (Wildman–Crippen LogP) is 3.04. The third kappa shape index (κ3) is 3.77. The third-order valence-electron chi connectivity index (χ3n) is 3.91. The Balaban J connectivity index is 2.20. The number of amides is 1. The van der Waals surface area contributed by atoms with E-state index in [2.05, 4.69) is 0 Å². The fourth-order valence-electron chi connectivity index (χ4n) is 2.94. The van der Waals surface area contributed by atoms with Crippen molar-refractivity contribution in [3.63, 3.8) is 0 Å². The molecule has 2 aliphatic rings. The molecule has 0 radical (unpaired) electrons. The van der Waals surface area contributed by atoms with Gasteiger partial charge in [0, 0.05) is 12.6 Å². The Kier molecular flexibility index (Phi) is 4.30. The number of hydrogen-bond acceptors (Lipinski definition) is 4. The largest absolute Gasteiger partial charge is 0.450 e. The van der Waals surface area contributed by atoms with Crippen LogP contribution in [0.2, 0.25) is 0 Å². The van der Waals surface area contributed by atoms with E-state index >= 15 is 0 Å². The summed E-state index contributed by atoms with van der Waals surface area (Å²) in [5.74, 6) is -0.342. The van der Waals surface area contributed by atoms with Crippen LogP contribution in [0, 0.1) is 0 Å². The van der Waals surface area contributed by atoms with Crippen molar-refractivity contribution in [1.82, 2.24) is 4.90 Å². The second-order valence-electron chi connectivity index (χ2n) is 6.98. The zero-order chi connectivity index (χ0) is 15.7. The lowest BCUT2D eigenvalue weighted by atomic mass is 9.92. The van der Waals surface area contributed by atoms with E-state index in [4.69, 9.17) is 9.47 Å². The maximum Gasteiger partial charge on any atom is 0.410 e. The molecule has 1 fully saturated rings. The molecule has 0 aliphatic carbocycles. The van der Waals surface area contributed by atoms with Gasteiger partial charge in [0.1, 0.15) is 11.2 Å². The van der Waals surface area contributed by atoms with Gasteiger partial charge in [-0.2, -0.15) is 0 Å². The van der Waals surface area contributed by atoms with Crippen molar-refractivity contribution in [3.8, 4) is 0 Å². The summed E-state index contributed by atoms with van der Waals surface area (Å²) in [6, 6.07) is -0.169. The predicted molar refractivity (Wildman–Crippen MR) is 78.8 cm³/mol. The molecule has 118 valence electrons. The van der Waals surface area contributed by atoms with Gasteiger partial charge >= 0.3 is 12.1 Å². The molecule has 0 bridgehead atoms. The maximum absolute atomic E-state index is 12.5. The second kappa shape index (κ2) is 5.70. The van der Waals surface area contributed by atoms with Crippen molar-refractivity contribution in [3.05, 3.63) is 12.2 Å². The van der Waals surface area contributed by atoms with Gasteiger partial charge in [-0.3, -0.25) is 0 Å². The van der Waals surface area contributed by atoms with Crippen LogP contribution in [0.4, 0.5) is 4.79 Å². The molecule has 0 saturated carbocycles. The fourth-order valence-corrected chi connectivity index (χ4v) is 2.94. The van der Waals surface area contributed by atoms with Crippen molar-refractivity contribution < 1.29 is 19.1 Å². The lowest BCUT2D eigenvalue weighted by Crippen LogP contribution is -2.53. The number of esters is 1. The highest BCUT2D eigenvalue weighted by Crippen LogP contribution is 2.33. The van der Waals surface area contributed by atoms with E-state index in [1.54, 1.807) is 11.0 Å². The topological polar surface area (TPSA) is 55.8 Å². The van der Waals surface area contributed by atoms with E-state index < -0.39 is 11.2 Å². The van der Waals surface area contributed by atoms with Crippen LogP contribution in [0.15, 0.2) is 12.2 Å². The Labute approximate surface area is 126 Å². The normalized spacial score (nSPS) is 30.0. The molecule has 0 aromatic heterocycles. The van der Waals surface area contributed by atoms with Crippen molar-refractivity contribution in [2.24, 2.45) is 0 Å². The lowest BCUT2D eigenvalue weighted by Gasteiger charge is -2.39. The van der Waals surface area contributed by atoms with Crippen molar-refractivity contribution in [2.75, 3.05) is 6.54 Å². The van der Waals surface area contributed by atoms with Crippen LogP contribution in [-0.2, 0) is 14.3 Å². The Morgan fingerprint density at radius 3 is 2.67 bits per heavy atom. The highest BCUT2D eigenvalue weighted by molar-refractivity contribution is 5.85. The quantitative estimate of drug-likeness (QED) is 0.698. The molecule has 2 heterocycles. The molecule has 2 rings (SSSR count). The van der Waals surface area contributed by atoms with Gasteiger partial charge in [0.05, 0.1) is 6.04 Å². The summed E-state index contributed by atoms with van der Waals surface area (Å²) in [5, 5.41) is 0. The van der Waals surface area contributed by atoms with Crippen LogP contribution in [0.1, 0.15) is 53.4 Å². The molecule has 0 unspecified atom stereocenters. The third-order valence-corrected chi connectivity index (χ3v) is 3.91. The molecule has 2 atom stereocenters. The van der Waals surface area contributed by atoms with Gasteiger partial charge in [-0.1, -0.05) is 12.8 Å².